The summed E-state index contributed by atoms with van der Waals surface area (Å²) in [5, 5.41) is 8.68. The van der Waals surface area contributed by atoms with Gasteiger partial charge < -0.3 is 16.6 Å². The fraction of sp³-hybridized carbons (Fsp3) is 0.857. The molecule has 5 N–H and O–H groups in total. The largest absolute Gasteiger partial charge is 0.480 e. The van der Waals surface area contributed by atoms with Gasteiger partial charge in [0, 0.05) is 6.54 Å². The molecule has 0 heterocycles. The molecule has 66 valence electrons. The van der Waals surface area contributed by atoms with Crippen molar-refractivity contribution in [3.8, 4) is 0 Å². The number of aliphatic carboxylic acids is 1. The first-order valence-corrected chi connectivity index (χ1v) is 3.64. The number of carbonyl (C=O) groups is 1. The van der Waals surface area contributed by atoms with E-state index in [0.29, 0.717) is 6.42 Å². The van der Waals surface area contributed by atoms with Gasteiger partial charge in [-0.25, -0.2) is 0 Å². The first-order valence-electron chi connectivity index (χ1n) is 3.64. The van der Waals surface area contributed by atoms with Gasteiger partial charge in [0.25, 0.3) is 0 Å². The minimum atomic E-state index is -1.24. The lowest BCUT2D eigenvalue weighted by Crippen LogP contribution is -2.54. The van der Waals surface area contributed by atoms with Gasteiger partial charge in [0.2, 0.25) is 0 Å². The second kappa shape index (κ2) is 3.69. The quantitative estimate of drug-likeness (QED) is 0.530. The van der Waals surface area contributed by atoms with Crippen LogP contribution in [0.15, 0.2) is 0 Å². The van der Waals surface area contributed by atoms with Crippen molar-refractivity contribution < 1.29 is 9.90 Å². The maximum atomic E-state index is 10.6. The summed E-state index contributed by atoms with van der Waals surface area (Å²) < 4.78 is 0. The Kier molecular flexibility index (Phi) is 3.48. The molecule has 0 aromatic carbocycles. The topological polar surface area (TPSA) is 89.3 Å². The Morgan fingerprint density at radius 2 is 2.09 bits per heavy atom. The zero-order chi connectivity index (χ0) is 9.07. The molecule has 4 nitrogen and oxygen atoms in total. The molecule has 0 spiro atoms. The van der Waals surface area contributed by atoms with E-state index in [0.717, 1.165) is 0 Å². The van der Waals surface area contributed by atoms with Gasteiger partial charge >= 0.3 is 5.97 Å². The Labute approximate surface area is 66.6 Å². The van der Waals surface area contributed by atoms with E-state index in [1.807, 2.05) is 13.8 Å². The van der Waals surface area contributed by atoms with Crippen LogP contribution in [0.3, 0.4) is 0 Å². The molecular formula is C7H16N2O2. The van der Waals surface area contributed by atoms with Crippen LogP contribution < -0.4 is 11.5 Å². The minimum absolute atomic E-state index is 0.0134. The summed E-state index contributed by atoms with van der Waals surface area (Å²) in [5.74, 6) is -0.770. The van der Waals surface area contributed by atoms with Gasteiger partial charge in [-0.3, -0.25) is 4.79 Å². The standard InChI is InChI=1S/C7H16N2O2/c1-5(2)3-7(9,4-8)6(10)11/h5H,3-4,8-9H2,1-2H3,(H,10,11)/t7-/m1/s1. The predicted octanol–water partition coefficient (Wildman–Crippen LogP) is -0.227. The maximum absolute atomic E-state index is 10.6. The summed E-state index contributed by atoms with van der Waals surface area (Å²) in [7, 11) is 0. The van der Waals surface area contributed by atoms with Crippen LogP contribution in [0.2, 0.25) is 0 Å². The molecule has 0 unspecified atom stereocenters. The van der Waals surface area contributed by atoms with Crippen LogP contribution >= 0.6 is 0 Å². The fourth-order valence-corrected chi connectivity index (χ4v) is 0.986. The Bertz CT molecular complexity index is 147. The van der Waals surface area contributed by atoms with Crippen molar-refractivity contribution in [1.29, 1.82) is 0 Å². The average Bonchev–Trinajstić information content (AvgIpc) is 1.86. The Morgan fingerprint density at radius 3 is 2.18 bits per heavy atom. The zero-order valence-corrected chi connectivity index (χ0v) is 7.00. The molecular weight excluding hydrogens is 144 g/mol. The molecule has 0 aliphatic rings. The number of carboxylic acid groups (broad SMARTS) is 1. The lowest BCUT2D eigenvalue weighted by molar-refractivity contribution is -0.143. The Hall–Kier alpha value is -0.610. The third-order valence-corrected chi connectivity index (χ3v) is 1.56. The van der Waals surface area contributed by atoms with Gasteiger partial charge in [-0.1, -0.05) is 13.8 Å². The molecule has 0 radical (unpaired) electrons. The molecule has 4 heteroatoms. The van der Waals surface area contributed by atoms with Crippen molar-refractivity contribution in [3.05, 3.63) is 0 Å². The van der Waals surface area contributed by atoms with E-state index in [4.69, 9.17) is 16.6 Å². The molecule has 0 aliphatic heterocycles. The van der Waals surface area contributed by atoms with Crippen molar-refractivity contribution in [2.45, 2.75) is 25.8 Å². The summed E-state index contributed by atoms with van der Waals surface area (Å²) in [5.41, 5.74) is 9.52. The molecule has 0 aliphatic carbocycles. The van der Waals surface area contributed by atoms with Crippen LogP contribution in [0.25, 0.3) is 0 Å². The van der Waals surface area contributed by atoms with Gasteiger partial charge in [0.05, 0.1) is 0 Å². The Balaban J connectivity index is 4.22. The van der Waals surface area contributed by atoms with E-state index in [1.54, 1.807) is 0 Å². The van der Waals surface area contributed by atoms with Crippen LogP contribution in [0.1, 0.15) is 20.3 Å². The fourth-order valence-electron chi connectivity index (χ4n) is 0.986. The molecule has 0 fully saturated rings. The molecule has 0 aromatic rings. The number of nitrogens with two attached hydrogens (primary N) is 2. The number of rotatable bonds is 4. The summed E-state index contributed by atoms with van der Waals surface area (Å²) in [6.45, 7) is 3.82. The number of carboxylic acids is 1. The lowest BCUT2D eigenvalue weighted by Gasteiger charge is -2.24. The van der Waals surface area contributed by atoms with Gasteiger partial charge in [-0.15, -0.1) is 0 Å². The minimum Gasteiger partial charge on any atom is -0.480 e. The highest BCUT2D eigenvalue weighted by atomic mass is 16.4. The molecule has 0 saturated carbocycles. The molecule has 0 rings (SSSR count). The van der Waals surface area contributed by atoms with Crippen molar-refractivity contribution in [1.82, 2.24) is 0 Å². The van der Waals surface area contributed by atoms with Crippen molar-refractivity contribution >= 4 is 5.97 Å². The number of hydrogen-bond donors (Lipinski definition) is 3. The SMILES string of the molecule is CC(C)C[C@@](N)(CN)C(=O)O. The molecule has 0 bridgehead atoms. The highest BCUT2D eigenvalue weighted by Gasteiger charge is 2.32. The first kappa shape index (κ1) is 10.4. The smallest absolute Gasteiger partial charge is 0.325 e. The molecule has 11 heavy (non-hydrogen) atoms. The van der Waals surface area contributed by atoms with Gasteiger partial charge in [-0.2, -0.15) is 0 Å². The monoisotopic (exact) mass is 160 g/mol. The second-order valence-corrected chi connectivity index (χ2v) is 3.26. The average molecular weight is 160 g/mol. The summed E-state index contributed by atoms with van der Waals surface area (Å²) in [6, 6.07) is 0. The Morgan fingerprint density at radius 1 is 1.64 bits per heavy atom. The van der Waals surface area contributed by atoms with E-state index in [1.165, 1.54) is 0 Å². The van der Waals surface area contributed by atoms with E-state index in [9.17, 15) is 4.79 Å². The maximum Gasteiger partial charge on any atom is 0.325 e. The molecule has 0 amide bonds. The van der Waals surface area contributed by atoms with Crippen LogP contribution in [0.4, 0.5) is 0 Å². The van der Waals surface area contributed by atoms with Crippen LogP contribution in [-0.4, -0.2) is 23.2 Å². The normalized spacial score (nSPS) is 16.5. The van der Waals surface area contributed by atoms with E-state index < -0.39 is 11.5 Å². The summed E-state index contributed by atoms with van der Waals surface area (Å²) >= 11 is 0. The van der Waals surface area contributed by atoms with Gasteiger partial charge in [0.1, 0.15) is 5.54 Å². The van der Waals surface area contributed by atoms with E-state index in [2.05, 4.69) is 0 Å². The third-order valence-electron chi connectivity index (χ3n) is 1.56. The zero-order valence-electron chi connectivity index (χ0n) is 7.00. The highest BCUT2D eigenvalue weighted by Crippen LogP contribution is 2.12. The van der Waals surface area contributed by atoms with Crippen molar-refractivity contribution in [2.24, 2.45) is 17.4 Å². The molecule has 1 atom stereocenters. The lowest BCUT2D eigenvalue weighted by atomic mass is 9.90. The van der Waals surface area contributed by atoms with Gasteiger partial charge in [0.15, 0.2) is 0 Å². The van der Waals surface area contributed by atoms with Crippen LogP contribution in [0.5, 0.6) is 0 Å². The van der Waals surface area contributed by atoms with E-state index >= 15 is 0 Å². The molecule has 0 aromatic heterocycles. The van der Waals surface area contributed by atoms with Crippen LogP contribution in [-0.2, 0) is 4.79 Å². The van der Waals surface area contributed by atoms with E-state index in [-0.39, 0.29) is 12.5 Å². The van der Waals surface area contributed by atoms with Gasteiger partial charge in [-0.05, 0) is 12.3 Å². The second-order valence-electron chi connectivity index (χ2n) is 3.26. The third kappa shape index (κ3) is 2.86. The summed E-state index contributed by atoms with van der Waals surface area (Å²) in [6.07, 6.45) is 0.416. The van der Waals surface area contributed by atoms with Crippen LogP contribution in [0, 0.1) is 5.92 Å². The van der Waals surface area contributed by atoms with Crippen molar-refractivity contribution in [2.75, 3.05) is 6.54 Å². The summed E-state index contributed by atoms with van der Waals surface area (Å²) in [4.78, 5) is 10.6. The number of hydrogen-bond acceptors (Lipinski definition) is 3. The van der Waals surface area contributed by atoms with Crippen molar-refractivity contribution in [3.63, 3.8) is 0 Å². The first-order chi connectivity index (χ1) is 4.92. The highest BCUT2D eigenvalue weighted by molar-refractivity contribution is 5.78. The molecule has 0 saturated heterocycles. The predicted molar refractivity (Wildman–Crippen MR) is 43.1 cm³/mol.